The summed E-state index contributed by atoms with van der Waals surface area (Å²) in [6, 6.07) is 10.7. The minimum absolute atomic E-state index is 1.14. The normalized spacial score (nSPS) is 10.2. The molecule has 0 aliphatic carbocycles. The van der Waals surface area contributed by atoms with E-state index in [0.717, 1.165) is 13.1 Å². The summed E-state index contributed by atoms with van der Waals surface area (Å²) in [6.07, 6.45) is 3.66. The fraction of sp³-hybridized carbons (Fsp3) is 0.500. The molecule has 0 heterocycles. The van der Waals surface area contributed by atoms with Crippen molar-refractivity contribution >= 4 is 0 Å². The molecule has 0 amide bonds. The molecule has 0 spiro atoms. The van der Waals surface area contributed by atoms with Crippen LogP contribution in [-0.4, -0.2) is 13.1 Å². The van der Waals surface area contributed by atoms with Gasteiger partial charge in [0.25, 0.3) is 0 Å². The second-order valence-corrected chi connectivity index (χ2v) is 3.34. The van der Waals surface area contributed by atoms with E-state index in [0.29, 0.717) is 0 Å². The van der Waals surface area contributed by atoms with E-state index in [4.69, 9.17) is 0 Å². The van der Waals surface area contributed by atoms with E-state index in [-0.39, 0.29) is 0 Å². The summed E-state index contributed by atoms with van der Waals surface area (Å²) in [5.41, 5.74) is 1.45. The van der Waals surface area contributed by atoms with Gasteiger partial charge in [0, 0.05) is 0 Å². The van der Waals surface area contributed by atoms with Crippen LogP contribution in [0.15, 0.2) is 30.3 Å². The Labute approximate surface area is 81.2 Å². The first-order chi connectivity index (χ1) is 6.43. The zero-order chi connectivity index (χ0) is 9.36. The Bertz CT molecular complexity index is 206. The molecule has 1 N–H and O–H groups in total. The van der Waals surface area contributed by atoms with Gasteiger partial charge in [0.2, 0.25) is 0 Å². The van der Waals surface area contributed by atoms with Crippen molar-refractivity contribution < 1.29 is 0 Å². The van der Waals surface area contributed by atoms with Crippen LogP contribution in [0.25, 0.3) is 0 Å². The molecule has 0 aromatic heterocycles. The summed E-state index contributed by atoms with van der Waals surface area (Å²) in [4.78, 5) is 0. The monoisotopic (exact) mass is 177 g/mol. The standard InChI is InChI=1S/C12H19N/c1-2-10-13-11-6-9-12-7-4-3-5-8-12/h3-5,7-8,13H,2,6,9-11H2,1H3. The van der Waals surface area contributed by atoms with Crippen molar-refractivity contribution in [3.05, 3.63) is 35.9 Å². The molecule has 1 nitrogen and oxygen atoms in total. The van der Waals surface area contributed by atoms with Gasteiger partial charge in [-0.3, -0.25) is 0 Å². The molecule has 72 valence electrons. The second-order valence-electron chi connectivity index (χ2n) is 3.34. The maximum absolute atomic E-state index is 3.41. The molecule has 1 rings (SSSR count). The Kier molecular flexibility index (Phi) is 5.27. The van der Waals surface area contributed by atoms with Gasteiger partial charge in [-0.2, -0.15) is 0 Å². The van der Waals surface area contributed by atoms with Crippen molar-refractivity contribution in [2.45, 2.75) is 26.2 Å². The predicted octanol–water partition coefficient (Wildman–Crippen LogP) is 2.62. The van der Waals surface area contributed by atoms with E-state index in [2.05, 4.69) is 42.6 Å². The number of hydrogen-bond donors (Lipinski definition) is 1. The van der Waals surface area contributed by atoms with E-state index >= 15 is 0 Å². The highest BCUT2D eigenvalue weighted by molar-refractivity contribution is 5.14. The minimum Gasteiger partial charge on any atom is -0.317 e. The molecule has 1 heteroatoms. The smallest absolute Gasteiger partial charge is 0.00458 e. The first-order valence-corrected chi connectivity index (χ1v) is 5.18. The zero-order valence-corrected chi connectivity index (χ0v) is 8.42. The lowest BCUT2D eigenvalue weighted by Gasteiger charge is -2.02. The average molecular weight is 177 g/mol. The van der Waals surface area contributed by atoms with E-state index in [1.807, 2.05) is 0 Å². The molecule has 0 atom stereocenters. The highest BCUT2D eigenvalue weighted by Gasteiger charge is 1.90. The first-order valence-electron chi connectivity index (χ1n) is 5.18. The molecule has 0 radical (unpaired) electrons. The Balaban J connectivity index is 2.07. The van der Waals surface area contributed by atoms with Gasteiger partial charge in [0.05, 0.1) is 0 Å². The summed E-state index contributed by atoms with van der Waals surface area (Å²) in [5.74, 6) is 0. The van der Waals surface area contributed by atoms with Crippen LogP contribution in [0.4, 0.5) is 0 Å². The third kappa shape index (κ3) is 4.69. The molecule has 0 bridgehead atoms. The van der Waals surface area contributed by atoms with Crippen LogP contribution in [0.2, 0.25) is 0 Å². The van der Waals surface area contributed by atoms with Crippen LogP contribution in [0, 0.1) is 0 Å². The van der Waals surface area contributed by atoms with Crippen LogP contribution in [0.1, 0.15) is 25.3 Å². The van der Waals surface area contributed by atoms with Crippen LogP contribution < -0.4 is 5.32 Å². The van der Waals surface area contributed by atoms with Gasteiger partial charge in [-0.25, -0.2) is 0 Å². The Morgan fingerprint density at radius 2 is 1.85 bits per heavy atom. The van der Waals surface area contributed by atoms with Crippen molar-refractivity contribution in [2.75, 3.05) is 13.1 Å². The maximum atomic E-state index is 3.41. The van der Waals surface area contributed by atoms with Gasteiger partial charge in [0.1, 0.15) is 0 Å². The summed E-state index contributed by atoms with van der Waals surface area (Å²) in [6.45, 7) is 4.49. The van der Waals surface area contributed by atoms with Gasteiger partial charge in [-0.05, 0) is 37.9 Å². The quantitative estimate of drug-likeness (QED) is 0.659. The third-order valence-corrected chi connectivity index (χ3v) is 2.09. The van der Waals surface area contributed by atoms with Gasteiger partial charge < -0.3 is 5.32 Å². The lowest BCUT2D eigenvalue weighted by Crippen LogP contribution is -2.16. The van der Waals surface area contributed by atoms with E-state index < -0.39 is 0 Å². The minimum atomic E-state index is 1.14. The molecule has 0 saturated heterocycles. The fourth-order valence-corrected chi connectivity index (χ4v) is 1.36. The Hall–Kier alpha value is -0.820. The molecule has 0 aliphatic rings. The summed E-state index contributed by atoms with van der Waals surface area (Å²) < 4.78 is 0. The maximum Gasteiger partial charge on any atom is -0.00458 e. The number of aryl methyl sites for hydroxylation is 1. The number of hydrogen-bond acceptors (Lipinski definition) is 1. The molecule has 1 aromatic rings. The third-order valence-electron chi connectivity index (χ3n) is 2.09. The molecular weight excluding hydrogens is 158 g/mol. The summed E-state index contributed by atoms with van der Waals surface area (Å²) in [5, 5.41) is 3.41. The van der Waals surface area contributed by atoms with Gasteiger partial charge in [-0.15, -0.1) is 0 Å². The molecule has 0 fully saturated rings. The molecule has 0 unspecified atom stereocenters. The van der Waals surface area contributed by atoms with Crippen LogP contribution in [0.5, 0.6) is 0 Å². The lowest BCUT2D eigenvalue weighted by atomic mass is 10.1. The van der Waals surface area contributed by atoms with Gasteiger partial charge in [-0.1, -0.05) is 37.3 Å². The van der Waals surface area contributed by atoms with Gasteiger partial charge >= 0.3 is 0 Å². The van der Waals surface area contributed by atoms with E-state index in [1.165, 1.54) is 24.8 Å². The van der Waals surface area contributed by atoms with Gasteiger partial charge in [0.15, 0.2) is 0 Å². The fourth-order valence-electron chi connectivity index (χ4n) is 1.36. The highest BCUT2D eigenvalue weighted by Crippen LogP contribution is 2.01. The van der Waals surface area contributed by atoms with E-state index in [9.17, 15) is 0 Å². The van der Waals surface area contributed by atoms with Crippen molar-refractivity contribution in [1.29, 1.82) is 0 Å². The highest BCUT2D eigenvalue weighted by atomic mass is 14.8. The Morgan fingerprint density at radius 3 is 2.54 bits per heavy atom. The van der Waals surface area contributed by atoms with Crippen molar-refractivity contribution in [2.24, 2.45) is 0 Å². The number of rotatable bonds is 6. The lowest BCUT2D eigenvalue weighted by molar-refractivity contribution is 0.640. The molecular formula is C12H19N. The van der Waals surface area contributed by atoms with E-state index in [1.54, 1.807) is 0 Å². The first kappa shape index (κ1) is 10.3. The number of benzene rings is 1. The molecule has 0 aliphatic heterocycles. The second kappa shape index (κ2) is 6.67. The Morgan fingerprint density at radius 1 is 1.08 bits per heavy atom. The molecule has 0 saturated carbocycles. The zero-order valence-electron chi connectivity index (χ0n) is 8.42. The molecule has 1 aromatic carbocycles. The topological polar surface area (TPSA) is 12.0 Å². The summed E-state index contributed by atoms with van der Waals surface area (Å²) in [7, 11) is 0. The SMILES string of the molecule is CCCNCCCc1ccccc1. The summed E-state index contributed by atoms with van der Waals surface area (Å²) >= 11 is 0. The van der Waals surface area contributed by atoms with Crippen molar-refractivity contribution in [3.8, 4) is 0 Å². The van der Waals surface area contributed by atoms with Crippen LogP contribution >= 0.6 is 0 Å². The van der Waals surface area contributed by atoms with Crippen LogP contribution in [0.3, 0.4) is 0 Å². The molecule has 13 heavy (non-hydrogen) atoms. The largest absolute Gasteiger partial charge is 0.317 e. The predicted molar refractivity (Wildman–Crippen MR) is 57.9 cm³/mol. The van der Waals surface area contributed by atoms with Crippen LogP contribution in [-0.2, 0) is 6.42 Å². The number of nitrogens with one attached hydrogen (secondary N) is 1. The average Bonchev–Trinajstić information content (AvgIpc) is 2.19. The van der Waals surface area contributed by atoms with Crippen molar-refractivity contribution in [1.82, 2.24) is 5.32 Å². The van der Waals surface area contributed by atoms with Crippen molar-refractivity contribution in [3.63, 3.8) is 0 Å².